The van der Waals surface area contributed by atoms with Crippen molar-refractivity contribution in [3.8, 4) is 5.75 Å². The smallest absolute Gasteiger partial charge is 0.191 e. The molecule has 172 valence electrons. The lowest BCUT2D eigenvalue weighted by molar-refractivity contribution is 0.166. The summed E-state index contributed by atoms with van der Waals surface area (Å²) in [5.41, 5.74) is 2.35. The van der Waals surface area contributed by atoms with Crippen LogP contribution in [0.4, 0.5) is 0 Å². The fraction of sp³-hybridized carbons (Fsp3) is 0.696. The average molecular weight is 533 g/mol. The first-order valence-corrected chi connectivity index (χ1v) is 10.9. The predicted octanol–water partition coefficient (Wildman–Crippen LogP) is 3.81. The third-order valence-corrected chi connectivity index (χ3v) is 5.38. The van der Waals surface area contributed by atoms with Gasteiger partial charge in [-0.05, 0) is 52.7 Å². The molecule has 2 N–H and O–H groups in total. The minimum Gasteiger partial charge on any atom is -0.493 e. The van der Waals surface area contributed by atoms with Gasteiger partial charge >= 0.3 is 0 Å². The van der Waals surface area contributed by atoms with Gasteiger partial charge in [-0.15, -0.1) is 24.0 Å². The van der Waals surface area contributed by atoms with Gasteiger partial charge in [-0.25, -0.2) is 0 Å². The van der Waals surface area contributed by atoms with Gasteiger partial charge in [-0.1, -0.05) is 12.1 Å². The monoisotopic (exact) mass is 532 g/mol. The average Bonchev–Trinajstić information content (AvgIpc) is 3.19. The van der Waals surface area contributed by atoms with Crippen molar-refractivity contribution < 1.29 is 9.47 Å². The molecule has 1 aromatic rings. The van der Waals surface area contributed by atoms with E-state index in [0.29, 0.717) is 31.2 Å². The van der Waals surface area contributed by atoms with Crippen LogP contribution in [0.15, 0.2) is 23.2 Å². The Kier molecular flexibility index (Phi) is 12.7. The van der Waals surface area contributed by atoms with Crippen LogP contribution in [0.2, 0.25) is 0 Å². The molecule has 0 aliphatic carbocycles. The second-order valence-corrected chi connectivity index (χ2v) is 8.43. The Morgan fingerprint density at radius 1 is 1.23 bits per heavy atom. The van der Waals surface area contributed by atoms with Gasteiger partial charge in [0, 0.05) is 56.9 Å². The molecule has 1 atom stereocenters. The maximum Gasteiger partial charge on any atom is 0.191 e. The van der Waals surface area contributed by atoms with Crippen molar-refractivity contribution in [3.63, 3.8) is 0 Å². The molecule has 0 aromatic heterocycles. The Balaban J connectivity index is 0.00000450. The fourth-order valence-corrected chi connectivity index (χ4v) is 3.68. The molecule has 0 bridgehead atoms. The lowest BCUT2D eigenvalue weighted by Gasteiger charge is -2.30. The molecule has 7 heteroatoms. The summed E-state index contributed by atoms with van der Waals surface area (Å²) in [4.78, 5) is 6.84. The topological polar surface area (TPSA) is 58.1 Å². The first kappa shape index (κ1) is 27.0. The predicted molar refractivity (Wildman–Crippen MR) is 136 cm³/mol. The molecule has 30 heavy (non-hydrogen) atoms. The summed E-state index contributed by atoms with van der Waals surface area (Å²) in [6.45, 7) is 15.9. The summed E-state index contributed by atoms with van der Waals surface area (Å²) in [5, 5.41) is 6.85. The number of nitrogens with one attached hydrogen (secondary N) is 2. The van der Waals surface area contributed by atoms with Crippen LogP contribution in [0.3, 0.4) is 0 Å². The van der Waals surface area contributed by atoms with Crippen molar-refractivity contribution in [1.29, 1.82) is 0 Å². The van der Waals surface area contributed by atoms with Gasteiger partial charge < -0.3 is 20.1 Å². The van der Waals surface area contributed by atoms with Crippen LogP contribution in [0.5, 0.6) is 5.75 Å². The first-order chi connectivity index (χ1) is 13.9. The number of rotatable bonds is 10. The number of ether oxygens (including phenoxy) is 2. The van der Waals surface area contributed by atoms with Crippen LogP contribution in [0.1, 0.15) is 45.2 Å². The number of aliphatic imine (C=N–C) groups is 1. The summed E-state index contributed by atoms with van der Waals surface area (Å²) in [5.74, 6) is 2.26. The maximum atomic E-state index is 6.15. The molecule has 0 radical (unpaired) electrons. The Hall–Kier alpha value is -1.06. The second kappa shape index (κ2) is 14.1. The summed E-state index contributed by atoms with van der Waals surface area (Å²) in [6, 6.07) is 7.44. The van der Waals surface area contributed by atoms with Gasteiger partial charge in [-0.3, -0.25) is 9.89 Å². The zero-order valence-corrected chi connectivity index (χ0v) is 21.9. The lowest BCUT2D eigenvalue weighted by Crippen LogP contribution is -2.45. The second-order valence-electron chi connectivity index (χ2n) is 8.43. The lowest BCUT2D eigenvalue weighted by atomic mass is 10.1. The Morgan fingerprint density at radius 3 is 2.57 bits per heavy atom. The Bertz CT molecular complexity index is 638. The number of halogens is 1. The Labute approximate surface area is 200 Å². The third-order valence-electron chi connectivity index (χ3n) is 5.38. The molecule has 0 saturated carbocycles. The molecule has 1 aliphatic rings. The number of hydrogen-bond donors (Lipinski definition) is 2. The van der Waals surface area contributed by atoms with E-state index in [1.165, 1.54) is 5.56 Å². The Morgan fingerprint density at radius 2 is 1.97 bits per heavy atom. The minimum atomic E-state index is 0. The highest BCUT2D eigenvalue weighted by Crippen LogP contribution is 2.22. The summed E-state index contributed by atoms with van der Waals surface area (Å²) in [6.07, 6.45) is 1.08. The van der Waals surface area contributed by atoms with Crippen molar-refractivity contribution in [2.45, 2.75) is 59.7 Å². The third kappa shape index (κ3) is 8.98. The summed E-state index contributed by atoms with van der Waals surface area (Å²) in [7, 11) is 1.81. The minimum absolute atomic E-state index is 0. The van der Waals surface area contributed by atoms with Crippen molar-refractivity contribution >= 4 is 29.9 Å². The number of benzene rings is 1. The quantitative estimate of drug-likeness (QED) is 0.273. The molecule has 1 aliphatic heterocycles. The van der Waals surface area contributed by atoms with Crippen LogP contribution in [-0.2, 0) is 11.3 Å². The van der Waals surface area contributed by atoms with Crippen LogP contribution in [0, 0.1) is 12.8 Å². The zero-order valence-electron chi connectivity index (χ0n) is 19.5. The molecule has 2 rings (SSSR count). The SMILES string of the molecule is CN=C(NCCN(C(C)C)C(C)C)NCc1ccc(C)cc1OCC1CCOC1.I. The van der Waals surface area contributed by atoms with Crippen molar-refractivity contribution in [3.05, 3.63) is 29.3 Å². The van der Waals surface area contributed by atoms with E-state index in [0.717, 1.165) is 50.0 Å². The largest absolute Gasteiger partial charge is 0.493 e. The van der Waals surface area contributed by atoms with E-state index < -0.39 is 0 Å². The van der Waals surface area contributed by atoms with Crippen LogP contribution in [-0.4, -0.2) is 62.9 Å². The van der Waals surface area contributed by atoms with E-state index >= 15 is 0 Å². The molecule has 0 amide bonds. The zero-order chi connectivity index (χ0) is 21.2. The number of guanidine groups is 1. The fourth-order valence-electron chi connectivity index (χ4n) is 3.68. The standard InChI is InChI=1S/C23H40N4O2.HI/c1-17(2)27(18(3)4)11-10-25-23(24-6)26-14-21-8-7-19(5)13-22(21)29-16-20-9-12-28-15-20;/h7-8,13,17-18,20H,9-12,14-16H2,1-6H3,(H2,24,25,26);1H. The van der Waals surface area contributed by atoms with Gasteiger partial charge in [0.05, 0.1) is 13.2 Å². The number of hydrogen-bond acceptors (Lipinski definition) is 4. The van der Waals surface area contributed by atoms with Gasteiger partial charge in [0.1, 0.15) is 5.75 Å². The molecular weight excluding hydrogens is 491 g/mol. The number of nitrogens with zero attached hydrogens (tertiary/aromatic N) is 2. The normalized spacial score (nSPS) is 16.8. The molecule has 6 nitrogen and oxygen atoms in total. The van der Waals surface area contributed by atoms with Crippen molar-refractivity contribution in [1.82, 2.24) is 15.5 Å². The van der Waals surface area contributed by atoms with E-state index in [4.69, 9.17) is 9.47 Å². The van der Waals surface area contributed by atoms with Crippen molar-refractivity contribution in [2.75, 3.05) is 40.0 Å². The highest BCUT2D eigenvalue weighted by atomic mass is 127. The molecular formula is C23H41IN4O2. The van der Waals surface area contributed by atoms with Gasteiger partial charge in [0.15, 0.2) is 5.96 Å². The summed E-state index contributed by atoms with van der Waals surface area (Å²) < 4.78 is 11.6. The van der Waals surface area contributed by atoms with E-state index in [9.17, 15) is 0 Å². The molecule has 0 spiro atoms. The summed E-state index contributed by atoms with van der Waals surface area (Å²) >= 11 is 0. The number of aryl methyl sites for hydroxylation is 1. The van der Waals surface area contributed by atoms with Gasteiger partial charge in [-0.2, -0.15) is 0 Å². The highest BCUT2D eigenvalue weighted by Gasteiger charge is 2.17. The van der Waals surface area contributed by atoms with E-state index in [1.807, 2.05) is 7.05 Å². The molecule has 1 fully saturated rings. The first-order valence-electron chi connectivity index (χ1n) is 10.9. The molecule has 1 saturated heterocycles. The highest BCUT2D eigenvalue weighted by molar-refractivity contribution is 14.0. The van der Waals surface area contributed by atoms with E-state index in [-0.39, 0.29) is 24.0 Å². The van der Waals surface area contributed by atoms with E-state index in [1.54, 1.807) is 0 Å². The molecule has 1 heterocycles. The molecule has 1 unspecified atom stereocenters. The van der Waals surface area contributed by atoms with Gasteiger partial charge in [0.25, 0.3) is 0 Å². The van der Waals surface area contributed by atoms with Crippen molar-refractivity contribution in [2.24, 2.45) is 10.9 Å². The van der Waals surface area contributed by atoms with Gasteiger partial charge in [0.2, 0.25) is 0 Å². The maximum absolute atomic E-state index is 6.15. The molecule has 1 aromatic carbocycles. The van der Waals surface area contributed by atoms with Crippen LogP contribution in [0.25, 0.3) is 0 Å². The van der Waals surface area contributed by atoms with Crippen LogP contribution < -0.4 is 15.4 Å². The van der Waals surface area contributed by atoms with Crippen LogP contribution >= 0.6 is 24.0 Å². The van der Waals surface area contributed by atoms with E-state index in [2.05, 4.69) is 73.3 Å².